The number of aryl methyl sites for hydroxylation is 2. The monoisotopic (exact) mass is 230 g/mol. The Hall–Kier alpha value is -1.11. The molecule has 0 aliphatic heterocycles. The Bertz CT molecular complexity index is 422. The standard InChI is InChI=1S/C16H22O/c1-12-7-8-15(13(2)10-12)16(3)9-5-4-6-14(16)11-17/h7-8,10-11,14H,4-6,9H2,1-3H3. The molecule has 0 heterocycles. The molecular weight excluding hydrogens is 208 g/mol. The molecule has 0 aromatic heterocycles. The SMILES string of the molecule is Cc1ccc(C2(C)CCCCC2C=O)c(C)c1. The number of rotatable bonds is 2. The Balaban J connectivity index is 2.44. The summed E-state index contributed by atoms with van der Waals surface area (Å²) in [5.41, 5.74) is 4.06. The third kappa shape index (κ3) is 2.15. The first kappa shape index (κ1) is 12.3. The minimum absolute atomic E-state index is 0.0534. The van der Waals surface area contributed by atoms with Gasteiger partial charge >= 0.3 is 0 Å². The second-order valence-electron chi connectivity index (χ2n) is 5.72. The van der Waals surface area contributed by atoms with Crippen LogP contribution in [0.15, 0.2) is 18.2 Å². The van der Waals surface area contributed by atoms with E-state index in [1.165, 1.54) is 35.8 Å². The minimum atomic E-state index is 0.0534. The van der Waals surface area contributed by atoms with E-state index in [2.05, 4.69) is 39.0 Å². The normalized spacial score (nSPS) is 29.0. The van der Waals surface area contributed by atoms with Gasteiger partial charge in [-0.15, -0.1) is 0 Å². The van der Waals surface area contributed by atoms with Crippen LogP contribution in [0.25, 0.3) is 0 Å². The number of hydrogen-bond donors (Lipinski definition) is 0. The fourth-order valence-corrected chi connectivity index (χ4v) is 3.37. The van der Waals surface area contributed by atoms with Crippen LogP contribution in [0, 0.1) is 19.8 Å². The van der Waals surface area contributed by atoms with E-state index in [9.17, 15) is 4.79 Å². The highest BCUT2D eigenvalue weighted by Gasteiger charge is 2.38. The second-order valence-corrected chi connectivity index (χ2v) is 5.72. The smallest absolute Gasteiger partial charge is 0.123 e. The molecule has 1 aliphatic carbocycles. The zero-order valence-corrected chi connectivity index (χ0v) is 11.1. The fourth-order valence-electron chi connectivity index (χ4n) is 3.37. The van der Waals surface area contributed by atoms with Gasteiger partial charge in [0.05, 0.1) is 0 Å². The maximum atomic E-state index is 11.3. The molecule has 1 aromatic rings. The van der Waals surface area contributed by atoms with Crippen LogP contribution in [-0.4, -0.2) is 6.29 Å². The first-order chi connectivity index (χ1) is 8.08. The predicted octanol–water partition coefficient (Wildman–Crippen LogP) is 3.95. The van der Waals surface area contributed by atoms with Crippen LogP contribution in [-0.2, 0) is 10.2 Å². The van der Waals surface area contributed by atoms with Gasteiger partial charge in [-0.3, -0.25) is 0 Å². The van der Waals surface area contributed by atoms with Gasteiger partial charge in [-0.05, 0) is 37.8 Å². The van der Waals surface area contributed by atoms with Crippen LogP contribution in [0.1, 0.15) is 49.3 Å². The molecule has 1 saturated carbocycles. The van der Waals surface area contributed by atoms with Crippen molar-refractivity contribution in [2.75, 3.05) is 0 Å². The van der Waals surface area contributed by atoms with Crippen LogP contribution >= 0.6 is 0 Å². The van der Waals surface area contributed by atoms with E-state index in [-0.39, 0.29) is 11.3 Å². The van der Waals surface area contributed by atoms with Crippen molar-refractivity contribution < 1.29 is 4.79 Å². The van der Waals surface area contributed by atoms with E-state index in [1.807, 2.05) is 0 Å². The van der Waals surface area contributed by atoms with Gasteiger partial charge < -0.3 is 4.79 Å². The van der Waals surface area contributed by atoms with Gasteiger partial charge in [-0.25, -0.2) is 0 Å². The van der Waals surface area contributed by atoms with E-state index in [0.29, 0.717) is 0 Å². The van der Waals surface area contributed by atoms with Crippen molar-refractivity contribution in [3.8, 4) is 0 Å². The van der Waals surface area contributed by atoms with Gasteiger partial charge in [0.15, 0.2) is 0 Å². The van der Waals surface area contributed by atoms with Gasteiger partial charge in [0.25, 0.3) is 0 Å². The molecule has 17 heavy (non-hydrogen) atoms. The summed E-state index contributed by atoms with van der Waals surface area (Å²) >= 11 is 0. The van der Waals surface area contributed by atoms with Crippen LogP contribution in [0.3, 0.4) is 0 Å². The highest BCUT2D eigenvalue weighted by atomic mass is 16.1. The lowest BCUT2D eigenvalue weighted by molar-refractivity contribution is -0.114. The van der Waals surface area contributed by atoms with Crippen LogP contribution < -0.4 is 0 Å². The van der Waals surface area contributed by atoms with Gasteiger partial charge in [-0.1, -0.05) is 43.5 Å². The molecule has 1 heteroatoms. The Morgan fingerprint density at radius 2 is 2.06 bits per heavy atom. The zero-order valence-electron chi connectivity index (χ0n) is 11.1. The third-order valence-corrected chi connectivity index (χ3v) is 4.44. The third-order valence-electron chi connectivity index (χ3n) is 4.44. The topological polar surface area (TPSA) is 17.1 Å². The molecule has 1 fully saturated rings. The number of hydrogen-bond acceptors (Lipinski definition) is 1. The summed E-state index contributed by atoms with van der Waals surface area (Å²) in [6, 6.07) is 6.63. The largest absolute Gasteiger partial charge is 0.303 e. The minimum Gasteiger partial charge on any atom is -0.303 e. The summed E-state index contributed by atoms with van der Waals surface area (Å²) in [5, 5.41) is 0. The highest BCUT2D eigenvalue weighted by Crippen LogP contribution is 2.43. The van der Waals surface area contributed by atoms with Gasteiger partial charge in [-0.2, -0.15) is 0 Å². The molecule has 2 rings (SSSR count). The van der Waals surface area contributed by atoms with Crippen molar-refractivity contribution in [1.29, 1.82) is 0 Å². The van der Waals surface area contributed by atoms with Crippen molar-refractivity contribution in [2.24, 2.45) is 5.92 Å². The number of carbonyl (C=O) groups excluding carboxylic acids is 1. The van der Waals surface area contributed by atoms with Crippen molar-refractivity contribution in [3.05, 3.63) is 34.9 Å². The van der Waals surface area contributed by atoms with Gasteiger partial charge in [0.1, 0.15) is 6.29 Å². The molecule has 1 aromatic carbocycles. The summed E-state index contributed by atoms with van der Waals surface area (Å²) in [4.78, 5) is 11.3. The summed E-state index contributed by atoms with van der Waals surface area (Å²) in [7, 11) is 0. The summed E-state index contributed by atoms with van der Waals surface area (Å²) in [5.74, 6) is 0.192. The first-order valence-corrected chi connectivity index (χ1v) is 6.61. The summed E-state index contributed by atoms with van der Waals surface area (Å²) in [6.07, 6.45) is 5.81. The average molecular weight is 230 g/mol. The Kier molecular flexibility index (Phi) is 3.37. The second kappa shape index (κ2) is 4.64. The molecule has 2 unspecified atom stereocenters. The Labute approximate surface area is 104 Å². The maximum absolute atomic E-state index is 11.3. The average Bonchev–Trinajstić information content (AvgIpc) is 2.29. The molecule has 0 bridgehead atoms. The van der Waals surface area contributed by atoms with E-state index >= 15 is 0 Å². The molecule has 1 nitrogen and oxygen atoms in total. The van der Waals surface area contributed by atoms with Crippen molar-refractivity contribution >= 4 is 6.29 Å². The molecule has 0 radical (unpaired) electrons. The lowest BCUT2D eigenvalue weighted by Crippen LogP contribution is -2.36. The maximum Gasteiger partial charge on any atom is 0.123 e. The quantitative estimate of drug-likeness (QED) is 0.703. The molecule has 92 valence electrons. The van der Waals surface area contributed by atoms with Gasteiger partial charge in [0.2, 0.25) is 0 Å². The van der Waals surface area contributed by atoms with E-state index in [0.717, 1.165) is 12.8 Å². The van der Waals surface area contributed by atoms with Crippen molar-refractivity contribution in [3.63, 3.8) is 0 Å². The van der Waals surface area contributed by atoms with Crippen molar-refractivity contribution in [2.45, 2.75) is 51.9 Å². The molecule has 0 amide bonds. The lowest BCUT2D eigenvalue weighted by Gasteiger charge is -2.40. The molecule has 1 aliphatic rings. The Morgan fingerprint density at radius 3 is 2.71 bits per heavy atom. The number of benzene rings is 1. The van der Waals surface area contributed by atoms with Crippen LogP contribution in [0.5, 0.6) is 0 Å². The molecule has 0 saturated heterocycles. The first-order valence-electron chi connectivity index (χ1n) is 6.61. The molecule has 0 N–H and O–H groups in total. The van der Waals surface area contributed by atoms with E-state index < -0.39 is 0 Å². The number of aldehydes is 1. The zero-order chi connectivity index (χ0) is 12.5. The van der Waals surface area contributed by atoms with Crippen LogP contribution in [0.2, 0.25) is 0 Å². The van der Waals surface area contributed by atoms with E-state index in [4.69, 9.17) is 0 Å². The fraction of sp³-hybridized carbons (Fsp3) is 0.562. The molecular formula is C16H22O. The predicted molar refractivity (Wildman–Crippen MR) is 71.3 cm³/mol. The van der Waals surface area contributed by atoms with Crippen molar-refractivity contribution in [1.82, 2.24) is 0 Å². The lowest BCUT2D eigenvalue weighted by atomic mass is 9.63. The highest BCUT2D eigenvalue weighted by molar-refractivity contribution is 5.58. The molecule has 0 spiro atoms. The van der Waals surface area contributed by atoms with Crippen LogP contribution in [0.4, 0.5) is 0 Å². The summed E-state index contributed by atoms with van der Waals surface area (Å²) < 4.78 is 0. The van der Waals surface area contributed by atoms with E-state index in [1.54, 1.807) is 0 Å². The number of carbonyl (C=O) groups is 1. The Morgan fingerprint density at radius 1 is 1.29 bits per heavy atom. The molecule has 2 atom stereocenters. The summed E-state index contributed by atoms with van der Waals surface area (Å²) in [6.45, 7) is 6.56. The van der Waals surface area contributed by atoms with Gasteiger partial charge in [0, 0.05) is 11.3 Å².